The molecule has 0 unspecified atom stereocenters. The summed E-state index contributed by atoms with van der Waals surface area (Å²) in [6.45, 7) is 5.15. The number of ether oxygens (including phenoxy) is 1. The molecule has 3 heterocycles. The van der Waals surface area contributed by atoms with Crippen molar-refractivity contribution in [3.05, 3.63) is 36.3 Å². The van der Waals surface area contributed by atoms with Crippen molar-refractivity contribution in [1.82, 2.24) is 24.8 Å². The number of anilines is 1. The zero-order chi connectivity index (χ0) is 16.9. The van der Waals surface area contributed by atoms with Gasteiger partial charge in [-0.15, -0.1) is 0 Å². The molecule has 0 spiro atoms. The highest BCUT2D eigenvalue weighted by molar-refractivity contribution is 5.76. The van der Waals surface area contributed by atoms with Crippen LogP contribution in [0.3, 0.4) is 0 Å². The second-order valence-electron chi connectivity index (χ2n) is 5.88. The molecule has 0 aliphatic carbocycles. The molecule has 3 rings (SSSR count). The molecule has 128 valence electrons. The first-order valence-corrected chi connectivity index (χ1v) is 8.03. The summed E-state index contributed by atoms with van der Waals surface area (Å²) in [5, 5.41) is 6.43. The minimum absolute atomic E-state index is 0.00894. The van der Waals surface area contributed by atoms with E-state index in [9.17, 15) is 4.79 Å². The van der Waals surface area contributed by atoms with Crippen molar-refractivity contribution in [1.29, 1.82) is 0 Å². The Bertz CT molecular complexity index is 701. The van der Waals surface area contributed by atoms with Gasteiger partial charge >= 0.3 is 0 Å². The summed E-state index contributed by atoms with van der Waals surface area (Å²) >= 11 is 0. The van der Waals surface area contributed by atoms with E-state index in [-0.39, 0.29) is 24.5 Å². The number of aromatic nitrogens is 4. The Morgan fingerprint density at radius 1 is 1.33 bits per heavy atom. The van der Waals surface area contributed by atoms with Gasteiger partial charge in [-0.2, -0.15) is 0 Å². The molecule has 2 aromatic rings. The molecule has 0 aromatic carbocycles. The highest BCUT2D eigenvalue weighted by Gasteiger charge is 2.27. The van der Waals surface area contributed by atoms with E-state index in [1.54, 1.807) is 18.6 Å². The van der Waals surface area contributed by atoms with Crippen molar-refractivity contribution in [2.75, 3.05) is 18.5 Å². The van der Waals surface area contributed by atoms with Gasteiger partial charge in [-0.3, -0.25) is 4.79 Å². The van der Waals surface area contributed by atoms with Crippen LogP contribution in [0.15, 0.2) is 24.7 Å². The van der Waals surface area contributed by atoms with Gasteiger partial charge in [-0.05, 0) is 26.3 Å². The molecule has 2 atom stereocenters. The number of carbonyl (C=O) groups is 1. The summed E-state index contributed by atoms with van der Waals surface area (Å²) in [7, 11) is 0. The fraction of sp³-hybridized carbons (Fsp3) is 0.500. The summed E-state index contributed by atoms with van der Waals surface area (Å²) < 4.78 is 7.37. The minimum atomic E-state index is -0.0336. The Balaban J connectivity index is 1.61. The number of rotatable bonds is 5. The second kappa shape index (κ2) is 7.39. The van der Waals surface area contributed by atoms with Crippen LogP contribution >= 0.6 is 0 Å². The van der Waals surface area contributed by atoms with E-state index in [0.717, 1.165) is 18.1 Å². The largest absolute Gasteiger partial charge is 0.379 e. The molecule has 0 saturated carbocycles. The summed E-state index contributed by atoms with van der Waals surface area (Å²) in [5.41, 5.74) is 0. The molecule has 8 heteroatoms. The quantitative estimate of drug-likeness (QED) is 0.837. The Hall–Kier alpha value is -2.48. The van der Waals surface area contributed by atoms with E-state index in [1.807, 2.05) is 24.5 Å². The van der Waals surface area contributed by atoms with E-state index >= 15 is 0 Å². The number of carbonyl (C=O) groups excluding carboxylic acids is 1. The summed E-state index contributed by atoms with van der Waals surface area (Å²) in [6.07, 6.45) is 5.97. The third-order valence-electron chi connectivity index (χ3n) is 4.05. The summed E-state index contributed by atoms with van der Waals surface area (Å²) in [5.74, 6) is 2.23. The van der Waals surface area contributed by atoms with Gasteiger partial charge in [-0.25, -0.2) is 15.0 Å². The van der Waals surface area contributed by atoms with Crippen LogP contribution in [0.4, 0.5) is 5.82 Å². The molecule has 0 bridgehead atoms. The van der Waals surface area contributed by atoms with Crippen LogP contribution in [0.1, 0.15) is 18.1 Å². The normalized spacial score (nSPS) is 20.6. The number of amides is 1. The van der Waals surface area contributed by atoms with Crippen LogP contribution in [0.2, 0.25) is 0 Å². The van der Waals surface area contributed by atoms with Crippen molar-refractivity contribution >= 4 is 11.7 Å². The molecule has 2 N–H and O–H groups in total. The number of nitrogens with zero attached hydrogens (tertiary/aromatic N) is 4. The van der Waals surface area contributed by atoms with E-state index in [2.05, 4.69) is 25.6 Å². The van der Waals surface area contributed by atoms with Gasteiger partial charge in [-0.1, -0.05) is 0 Å². The maximum absolute atomic E-state index is 12.3. The van der Waals surface area contributed by atoms with E-state index in [4.69, 9.17) is 4.74 Å². The van der Waals surface area contributed by atoms with E-state index < -0.39 is 0 Å². The molecule has 1 amide bonds. The van der Waals surface area contributed by atoms with Crippen molar-refractivity contribution in [3.63, 3.8) is 0 Å². The summed E-state index contributed by atoms with van der Waals surface area (Å²) in [4.78, 5) is 24.9. The molecule has 0 radical (unpaired) electrons. The lowest BCUT2D eigenvalue weighted by Crippen LogP contribution is -2.52. The van der Waals surface area contributed by atoms with E-state index in [0.29, 0.717) is 19.0 Å². The lowest BCUT2D eigenvalue weighted by atomic mass is 10.0. The maximum Gasteiger partial charge on any atom is 0.240 e. The van der Waals surface area contributed by atoms with Crippen LogP contribution in [0.5, 0.6) is 0 Å². The highest BCUT2D eigenvalue weighted by atomic mass is 16.5. The standard InChI is InChI=1S/C16H22N6O2/c1-11-17-5-3-15(19-11)20-14-10-24-8-4-13(14)21-16(23)9-22-7-6-18-12(22)2/h3,5-7,13-14H,4,8-10H2,1-2H3,(H,21,23)(H,17,19,20)/t13-,14+/m0/s1. The number of imidazole rings is 1. The van der Waals surface area contributed by atoms with Gasteiger partial charge in [0.05, 0.1) is 18.7 Å². The Labute approximate surface area is 140 Å². The first kappa shape index (κ1) is 16.4. The zero-order valence-corrected chi connectivity index (χ0v) is 13.9. The third kappa shape index (κ3) is 4.08. The van der Waals surface area contributed by atoms with Crippen LogP contribution in [0.25, 0.3) is 0 Å². The average molecular weight is 330 g/mol. The fourth-order valence-corrected chi connectivity index (χ4v) is 2.76. The van der Waals surface area contributed by atoms with Crippen LogP contribution in [-0.2, 0) is 16.1 Å². The maximum atomic E-state index is 12.3. The van der Waals surface area contributed by atoms with Crippen LogP contribution < -0.4 is 10.6 Å². The monoisotopic (exact) mass is 330 g/mol. The molecule has 1 saturated heterocycles. The minimum Gasteiger partial charge on any atom is -0.379 e. The first-order valence-electron chi connectivity index (χ1n) is 8.03. The van der Waals surface area contributed by atoms with Crippen LogP contribution in [0, 0.1) is 13.8 Å². The van der Waals surface area contributed by atoms with E-state index in [1.165, 1.54) is 0 Å². The second-order valence-corrected chi connectivity index (χ2v) is 5.88. The van der Waals surface area contributed by atoms with Crippen molar-refractivity contribution < 1.29 is 9.53 Å². The Morgan fingerprint density at radius 2 is 2.21 bits per heavy atom. The number of hydrogen-bond donors (Lipinski definition) is 2. The lowest BCUT2D eigenvalue weighted by Gasteiger charge is -2.33. The molecular weight excluding hydrogens is 308 g/mol. The van der Waals surface area contributed by atoms with Gasteiger partial charge in [0.15, 0.2) is 0 Å². The highest BCUT2D eigenvalue weighted by Crippen LogP contribution is 2.13. The molecule has 2 aromatic heterocycles. The Kier molecular flexibility index (Phi) is 5.05. The molecule has 1 aliphatic heterocycles. The molecule has 24 heavy (non-hydrogen) atoms. The molecule has 8 nitrogen and oxygen atoms in total. The number of hydrogen-bond acceptors (Lipinski definition) is 6. The van der Waals surface area contributed by atoms with Gasteiger partial charge in [0.2, 0.25) is 5.91 Å². The predicted octanol–water partition coefficient (Wildman–Crippen LogP) is 0.676. The third-order valence-corrected chi connectivity index (χ3v) is 4.05. The topological polar surface area (TPSA) is 94.0 Å². The van der Waals surface area contributed by atoms with Crippen LogP contribution in [-0.4, -0.2) is 50.7 Å². The smallest absolute Gasteiger partial charge is 0.240 e. The van der Waals surface area contributed by atoms with Crippen molar-refractivity contribution in [3.8, 4) is 0 Å². The van der Waals surface area contributed by atoms with Crippen molar-refractivity contribution in [2.24, 2.45) is 0 Å². The van der Waals surface area contributed by atoms with Crippen molar-refractivity contribution in [2.45, 2.75) is 38.9 Å². The predicted molar refractivity (Wildman–Crippen MR) is 88.5 cm³/mol. The van der Waals surface area contributed by atoms with Gasteiger partial charge in [0.1, 0.15) is 24.0 Å². The lowest BCUT2D eigenvalue weighted by molar-refractivity contribution is -0.123. The average Bonchev–Trinajstić information content (AvgIpc) is 2.94. The SMILES string of the molecule is Cc1nccc(N[C@@H]2COCC[C@@H]2NC(=O)Cn2ccnc2C)n1. The number of nitrogens with one attached hydrogen (secondary N) is 2. The summed E-state index contributed by atoms with van der Waals surface area (Å²) in [6, 6.07) is 1.78. The fourth-order valence-electron chi connectivity index (χ4n) is 2.76. The molecule has 1 aliphatic rings. The first-order chi connectivity index (χ1) is 11.6. The van der Waals surface area contributed by atoms with Gasteiger partial charge in [0.25, 0.3) is 0 Å². The molecular formula is C16H22N6O2. The zero-order valence-electron chi connectivity index (χ0n) is 13.9. The molecule has 1 fully saturated rings. The number of aryl methyl sites for hydroxylation is 2. The Morgan fingerprint density at radius 3 is 2.96 bits per heavy atom. The van der Waals surface area contributed by atoms with Gasteiger partial charge < -0.3 is 19.9 Å². The van der Waals surface area contributed by atoms with Gasteiger partial charge in [0, 0.05) is 25.2 Å².